The zero-order valence-electron chi connectivity index (χ0n) is 12.7. The zero-order chi connectivity index (χ0) is 15.0. The van der Waals surface area contributed by atoms with Crippen molar-refractivity contribution >= 4 is 0 Å². The number of hydrogen-bond donors (Lipinski definition) is 2. The Morgan fingerprint density at radius 3 is 2.50 bits per heavy atom. The molecule has 0 spiro atoms. The summed E-state index contributed by atoms with van der Waals surface area (Å²) in [5, 5.41) is 3.39. The lowest BCUT2D eigenvalue weighted by molar-refractivity contribution is 0.352. The fourth-order valence-electron chi connectivity index (χ4n) is 1.99. The maximum atomic E-state index is 5.90. The van der Waals surface area contributed by atoms with E-state index < -0.39 is 0 Å². The lowest BCUT2D eigenvalue weighted by Crippen LogP contribution is -2.50. The highest BCUT2D eigenvalue weighted by Gasteiger charge is 2.22. The molecule has 1 aromatic rings. The van der Waals surface area contributed by atoms with Gasteiger partial charge in [-0.15, -0.1) is 5.92 Å². The molecule has 0 amide bonds. The summed E-state index contributed by atoms with van der Waals surface area (Å²) in [6.45, 7) is 5.10. The van der Waals surface area contributed by atoms with E-state index in [2.05, 4.69) is 24.1 Å². The molecule has 1 unspecified atom stereocenters. The van der Waals surface area contributed by atoms with E-state index in [0.717, 1.165) is 23.5 Å². The molecule has 3 N–H and O–H groups in total. The summed E-state index contributed by atoms with van der Waals surface area (Å²) >= 11 is 0. The smallest absolute Gasteiger partial charge is 0.160 e. The maximum absolute atomic E-state index is 5.90. The zero-order valence-corrected chi connectivity index (χ0v) is 12.7. The Kier molecular flexibility index (Phi) is 6.37. The molecule has 110 valence electrons. The fourth-order valence-corrected chi connectivity index (χ4v) is 1.99. The van der Waals surface area contributed by atoms with E-state index in [0.29, 0.717) is 13.1 Å². The van der Waals surface area contributed by atoms with Crippen molar-refractivity contribution in [1.29, 1.82) is 0 Å². The van der Waals surface area contributed by atoms with Gasteiger partial charge in [0, 0.05) is 12.1 Å². The molecule has 4 heteroatoms. The van der Waals surface area contributed by atoms with Crippen molar-refractivity contribution in [2.75, 3.05) is 27.3 Å². The van der Waals surface area contributed by atoms with E-state index in [4.69, 9.17) is 15.2 Å². The van der Waals surface area contributed by atoms with E-state index in [9.17, 15) is 0 Å². The highest BCUT2D eigenvalue weighted by Crippen LogP contribution is 2.28. The van der Waals surface area contributed by atoms with Crippen molar-refractivity contribution in [3.05, 3.63) is 23.8 Å². The third kappa shape index (κ3) is 4.44. The van der Waals surface area contributed by atoms with Gasteiger partial charge in [-0.1, -0.05) is 12.0 Å². The Hall–Kier alpha value is -1.70. The van der Waals surface area contributed by atoms with Crippen LogP contribution in [0.5, 0.6) is 11.5 Å². The van der Waals surface area contributed by atoms with Gasteiger partial charge in [-0.25, -0.2) is 0 Å². The molecule has 4 nitrogen and oxygen atoms in total. The third-order valence-corrected chi connectivity index (χ3v) is 3.27. The van der Waals surface area contributed by atoms with Crippen LogP contribution >= 0.6 is 0 Å². The van der Waals surface area contributed by atoms with Crippen molar-refractivity contribution in [2.24, 2.45) is 5.73 Å². The molecular formula is C16H24N2O2. The van der Waals surface area contributed by atoms with E-state index >= 15 is 0 Å². The Labute approximate surface area is 121 Å². The van der Waals surface area contributed by atoms with Crippen LogP contribution in [-0.2, 0) is 6.42 Å². The molecule has 1 atom stereocenters. The number of rotatable bonds is 7. The minimum absolute atomic E-state index is 0.191. The fraction of sp³-hybridized carbons (Fsp3) is 0.500. The molecule has 1 aromatic carbocycles. The average Bonchev–Trinajstić information content (AvgIpc) is 2.47. The van der Waals surface area contributed by atoms with Gasteiger partial charge in [-0.2, -0.15) is 0 Å². The number of methoxy groups -OCH3 is 2. The second-order valence-electron chi connectivity index (χ2n) is 4.91. The average molecular weight is 276 g/mol. The Balaban J connectivity index is 2.85. The molecular weight excluding hydrogens is 252 g/mol. The molecule has 0 aliphatic heterocycles. The van der Waals surface area contributed by atoms with Gasteiger partial charge < -0.3 is 15.2 Å². The quantitative estimate of drug-likeness (QED) is 0.742. The summed E-state index contributed by atoms with van der Waals surface area (Å²) in [7, 11) is 3.27. The van der Waals surface area contributed by atoms with Crippen LogP contribution in [0.3, 0.4) is 0 Å². The summed E-state index contributed by atoms with van der Waals surface area (Å²) in [6.07, 6.45) is 0.801. The summed E-state index contributed by atoms with van der Waals surface area (Å²) < 4.78 is 10.6. The largest absolute Gasteiger partial charge is 0.493 e. The first kappa shape index (κ1) is 16.4. The molecule has 0 aliphatic carbocycles. The molecule has 0 heterocycles. The number of nitrogens with two attached hydrogens (primary N) is 1. The van der Waals surface area contributed by atoms with Gasteiger partial charge in [0.25, 0.3) is 0 Å². The highest BCUT2D eigenvalue weighted by molar-refractivity contribution is 5.43. The SMILES string of the molecule is CC#CCNC(C)(CN)Cc1ccc(OC)c(OC)c1. The Morgan fingerprint density at radius 2 is 1.95 bits per heavy atom. The Bertz CT molecular complexity index is 491. The van der Waals surface area contributed by atoms with Gasteiger partial charge in [0.15, 0.2) is 11.5 Å². The monoisotopic (exact) mass is 276 g/mol. The molecule has 0 saturated heterocycles. The summed E-state index contributed by atoms with van der Waals surface area (Å²) in [5.41, 5.74) is 6.85. The predicted octanol–water partition coefficient (Wildman–Crippen LogP) is 1.58. The number of hydrogen-bond acceptors (Lipinski definition) is 4. The number of benzene rings is 1. The van der Waals surface area contributed by atoms with Gasteiger partial charge >= 0.3 is 0 Å². The first-order chi connectivity index (χ1) is 9.58. The minimum atomic E-state index is -0.191. The van der Waals surface area contributed by atoms with Crippen LogP contribution in [0.25, 0.3) is 0 Å². The van der Waals surface area contributed by atoms with Gasteiger partial charge in [0.2, 0.25) is 0 Å². The van der Waals surface area contributed by atoms with E-state index in [1.54, 1.807) is 14.2 Å². The lowest BCUT2D eigenvalue weighted by atomic mass is 9.92. The predicted molar refractivity (Wildman–Crippen MR) is 82.2 cm³/mol. The molecule has 0 fully saturated rings. The second kappa shape index (κ2) is 7.78. The summed E-state index contributed by atoms with van der Waals surface area (Å²) in [6, 6.07) is 5.93. The van der Waals surface area contributed by atoms with E-state index in [-0.39, 0.29) is 5.54 Å². The third-order valence-electron chi connectivity index (χ3n) is 3.27. The van der Waals surface area contributed by atoms with Crippen molar-refractivity contribution in [3.63, 3.8) is 0 Å². The minimum Gasteiger partial charge on any atom is -0.493 e. The maximum Gasteiger partial charge on any atom is 0.160 e. The summed E-state index contributed by atoms with van der Waals surface area (Å²) in [5.74, 6) is 7.34. The lowest BCUT2D eigenvalue weighted by Gasteiger charge is -2.29. The van der Waals surface area contributed by atoms with Crippen LogP contribution in [0.4, 0.5) is 0 Å². The highest BCUT2D eigenvalue weighted by atomic mass is 16.5. The standard InChI is InChI=1S/C16H24N2O2/c1-5-6-9-18-16(2,12-17)11-13-7-8-14(19-3)15(10-13)20-4/h7-8,10,18H,9,11-12,17H2,1-4H3. The van der Waals surface area contributed by atoms with Crippen LogP contribution in [-0.4, -0.2) is 32.8 Å². The van der Waals surface area contributed by atoms with Gasteiger partial charge in [0.1, 0.15) is 0 Å². The van der Waals surface area contributed by atoms with E-state index in [1.807, 2.05) is 25.1 Å². The van der Waals surface area contributed by atoms with Crippen molar-refractivity contribution in [1.82, 2.24) is 5.32 Å². The normalized spacial score (nSPS) is 13.1. The van der Waals surface area contributed by atoms with Crippen LogP contribution in [0.15, 0.2) is 18.2 Å². The number of ether oxygens (including phenoxy) is 2. The van der Waals surface area contributed by atoms with Gasteiger partial charge in [-0.05, 0) is 38.0 Å². The van der Waals surface area contributed by atoms with Crippen molar-refractivity contribution in [2.45, 2.75) is 25.8 Å². The van der Waals surface area contributed by atoms with Crippen molar-refractivity contribution < 1.29 is 9.47 Å². The molecule has 1 rings (SSSR count). The molecule has 0 aliphatic rings. The first-order valence-corrected chi connectivity index (χ1v) is 6.64. The van der Waals surface area contributed by atoms with Crippen LogP contribution in [0.1, 0.15) is 19.4 Å². The Morgan fingerprint density at radius 1 is 1.25 bits per heavy atom. The van der Waals surface area contributed by atoms with Crippen molar-refractivity contribution in [3.8, 4) is 23.3 Å². The summed E-state index contributed by atoms with van der Waals surface area (Å²) in [4.78, 5) is 0. The topological polar surface area (TPSA) is 56.5 Å². The van der Waals surface area contributed by atoms with Crippen LogP contribution in [0.2, 0.25) is 0 Å². The van der Waals surface area contributed by atoms with Crippen LogP contribution in [0, 0.1) is 11.8 Å². The van der Waals surface area contributed by atoms with Gasteiger partial charge in [-0.3, -0.25) is 5.32 Å². The molecule has 0 saturated carbocycles. The number of nitrogens with one attached hydrogen (secondary N) is 1. The molecule has 0 aromatic heterocycles. The van der Waals surface area contributed by atoms with E-state index in [1.165, 1.54) is 0 Å². The molecule has 0 radical (unpaired) electrons. The molecule has 0 bridgehead atoms. The second-order valence-corrected chi connectivity index (χ2v) is 4.91. The first-order valence-electron chi connectivity index (χ1n) is 6.64. The molecule has 20 heavy (non-hydrogen) atoms. The van der Waals surface area contributed by atoms with Crippen LogP contribution < -0.4 is 20.5 Å². The van der Waals surface area contributed by atoms with Gasteiger partial charge in [0.05, 0.1) is 20.8 Å².